The molecule has 1 fully saturated rings. The van der Waals surface area contributed by atoms with Crippen molar-refractivity contribution < 1.29 is 0 Å². The molecule has 3 aromatic heterocycles. The first kappa shape index (κ1) is 19.9. The summed E-state index contributed by atoms with van der Waals surface area (Å²) in [6.45, 7) is 4.72. The third kappa shape index (κ3) is 4.83. The largest absolute Gasteiger partial charge is 0.353 e. The van der Waals surface area contributed by atoms with E-state index in [1.54, 1.807) is 23.7 Å². The molecule has 1 aliphatic rings. The minimum Gasteiger partial charge on any atom is -0.353 e. The van der Waals surface area contributed by atoms with Crippen LogP contribution >= 0.6 is 11.3 Å². The lowest BCUT2D eigenvalue weighted by Crippen LogP contribution is -2.41. The molecule has 1 aliphatic heterocycles. The van der Waals surface area contributed by atoms with Crippen molar-refractivity contribution in [3.05, 3.63) is 59.3 Å². The number of hydrogen-bond acceptors (Lipinski definition) is 8. The molecule has 0 saturated carbocycles. The maximum absolute atomic E-state index is 4.88. The number of imidazole rings is 1. The first-order valence-corrected chi connectivity index (χ1v) is 11.6. The van der Waals surface area contributed by atoms with Crippen LogP contribution in [0.5, 0.6) is 0 Å². The van der Waals surface area contributed by atoms with E-state index < -0.39 is 0 Å². The summed E-state index contributed by atoms with van der Waals surface area (Å²) >= 11 is 1.63. The zero-order valence-corrected chi connectivity index (χ0v) is 18.1. The summed E-state index contributed by atoms with van der Waals surface area (Å²) in [6.07, 6.45) is 5.71. The van der Waals surface area contributed by atoms with Gasteiger partial charge in [0.25, 0.3) is 0 Å². The van der Waals surface area contributed by atoms with Crippen molar-refractivity contribution >= 4 is 34.3 Å². The van der Waals surface area contributed by atoms with E-state index >= 15 is 0 Å². The molecular formula is C22H26N8S. The van der Waals surface area contributed by atoms with Crippen molar-refractivity contribution in [2.75, 3.05) is 36.8 Å². The van der Waals surface area contributed by atoms with Gasteiger partial charge in [0.05, 0.1) is 28.8 Å². The highest BCUT2D eigenvalue weighted by Gasteiger charge is 2.21. The van der Waals surface area contributed by atoms with Gasteiger partial charge in [-0.05, 0) is 31.0 Å². The Labute approximate surface area is 185 Å². The van der Waals surface area contributed by atoms with Crippen molar-refractivity contribution in [1.29, 1.82) is 0 Å². The minimum absolute atomic E-state index is 0.424. The highest BCUT2D eigenvalue weighted by Crippen LogP contribution is 2.23. The summed E-state index contributed by atoms with van der Waals surface area (Å²) in [7, 11) is 0. The zero-order valence-electron chi connectivity index (χ0n) is 17.3. The SMILES string of the molecule is c1cnc(NCCN2CCC(Nc3nc4ccccc4n3Cc3cscn3)CC2)nc1. The molecule has 4 aromatic rings. The summed E-state index contributed by atoms with van der Waals surface area (Å²) in [6, 6.07) is 10.6. The number of rotatable bonds is 8. The lowest BCUT2D eigenvalue weighted by molar-refractivity contribution is 0.226. The van der Waals surface area contributed by atoms with Crippen LogP contribution in [0.2, 0.25) is 0 Å². The smallest absolute Gasteiger partial charge is 0.222 e. The topological polar surface area (TPSA) is 83.8 Å². The normalized spacial score (nSPS) is 15.4. The fraction of sp³-hybridized carbons (Fsp3) is 0.364. The van der Waals surface area contributed by atoms with Gasteiger partial charge in [-0.3, -0.25) is 0 Å². The standard InChI is InChI=1S/C22H26N8S/c1-2-5-20-19(4-1)28-22(30(20)14-18-15-31-16-26-18)27-17-6-11-29(12-7-17)13-10-25-21-23-8-3-9-24-21/h1-5,8-9,15-17H,6-7,10-14H2,(H,27,28)(H,23,24,25). The number of benzene rings is 1. The number of fused-ring (bicyclic) bond motifs is 1. The van der Waals surface area contributed by atoms with Gasteiger partial charge in [0.2, 0.25) is 11.9 Å². The first-order chi connectivity index (χ1) is 15.3. The van der Waals surface area contributed by atoms with Crippen LogP contribution in [0.1, 0.15) is 18.5 Å². The Bertz CT molecular complexity index is 1090. The van der Waals surface area contributed by atoms with Crippen molar-refractivity contribution in [1.82, 2.24) is 29.4 Å². The van der Waals surface area contributed by atoms with Crippen molar-refractivity contribution in [2.45, 2.75) is 25.4 Å². The van der Waals surface area contributed by atoms with Crippen molar-refractivity contribution in [3.63, 3.8) is 0 Å². The van der Waals surface area contributed by atoms with Gasteiger partial charge in [-0.15, -0.1) is 11.3 Å². The van der Waals surface area contributed by atoms with Crippen molar-refractivity contribution in [3.8, 4) is 0 Å². The molecular weight excluding hydrogens is 408 g/mol. The van der Waals surface area contributed by atoms with Gasteiger partial charge in [-0.1, -0.05) is 12.1 Å². The molecule has 8 nitrogen and oxygen atoms in total. The van der Waals surface area contributed by atoms with Gasteiger partial charge >= 0.3 is 0 Å². The van der Waals surface area contributed by atoms with E-state index in [4.69, 9.17) is 4.98 Å². The molecule has 5 rings (SSSR count). The number of thiazole rings is 1. The van der Waals surface area contributed by atoms with Crippen LogP contribution in [0, 0.1) is 0 Å². The van der Waals surface area contributed by atoms with Crippen molar-refractivity contribution in [2.24, 2.45) is 0 Å². The van der Waals surface area contributed by atoms with E-state index in [0.29, 0.717) is 12.0 Å². The fourth-order valence-corrected chi connectivity index (χ4v) is 4.57. The minimum atomic E-state index is 0.424. The average Bonchev–Trinajstić information content (AvgIpc) is 3.44. The highest BCUT2D eigenvalue weighted by molar-refractivity contribution is 7.07. The van der Waals surface area contributed by atoms with Crippen LogP contribution < -0.4 is 10.6 Å². The number of nitrogens with one attached hydrogen (secondary N) is 2. The summed E-state index contributed by atoms with van der Waals surface area (Å²) < 4.78 is 2.25. The molecule has 0 amide bonds. The second kappa shape index (κ2) is 9.40. The van der Waals surface area contributed by atoms with E-state index in [2.05, 4.69) is 58.6 Å². The predicted octanol–water partition coefficient (Wildman–Crippen LogP) is 3.32. The third-order valence-electron chi connectivity index (χ3n) is 5.66. The van der Waals surface area contributed by atoms with E-state index in [1.165, 1.54) is 0 Å². The van der Waals surface area contributed by atoms with Gasteiger partial charge in [-0.25, -0.2) is 19.9 Å². The van der Waals surface area contributed by atoms with Gasteiger partial charge in [0.15, 0.2) is 0 Å². The van der Waals surface area contributed by atoms with E-state index in [-0.39, 0.29) is 0 Å². The summed E-state index contributed by atoms with van der Waals surface area (Å²) in [5.74, 6) is 1.63. The molecule has 0 radical (unpaired) electrons. The number of nitrogens with zero attached hydrogens (tertiary/aromatic N) is 6. The molecule has 160 valence electrons. The number of aromatic nitrogens is 5. The van der Waals surface area contributed by atoms with Gasteiger partial charge in [-0.2, -0.15) is 0 Å². The molecule has 0 aliphatic carbocycles. The summed E-state index contributed by atoms with van der Waals surface area (Å²) in [5, 5.41) is 9.11. The predicted molar refractivity (Wildman–Crippen MR) is 125 cm³/mol. The zero-order chi connectivity index (χ0) is 20.9. The molecule has 0 unspecified atom stereocenters. The van der Waals surface area contributed by atoms with Gasteiger partial charge in [0, 0.05) is 50.0 Å². The van der Waals surface area contributed by atoms with Crippen LogP contribution in [0.3, 0.4) is 0 Å². The Morgan fingerprint density at radius 3 is 2.68 bits per heavy atom. The molecule has 31 heavy (non-hydrogen) atoms. The Morgan fingerprint density at radius 1 is 1.03 bits per heavy atom. The second-order valence-corrected chi connectivity index (χ2v) is 8.47. The molecule has 0 bridgehead atoms. The number of para-hydroxylation sites is 2. The van der Waals surface area contributed by atoms with Crippen LogP contribution in [-0.2, 0) is 6.54 Å². The summed E-state index contributed by atoms with van der Waals surface area (Å²) in [5.41, 5.74) is 5.12. The monoisotopic (exact) mass is 434 g/mol. The molecule has 9 heteroatoms. The lowest BCUT2D eigenvalue weighted by atomic mass is 10.1. The van der Waals surface area contributed by atoms with Gasteiger partial charge in [0.1, 0.15) is 0 Å². The highest BCUT2D eigenvalue weighted by atomic mass is 32.1. The second-order valence-electron chi connectivity index (χ2n) is 7.75. The van der Waals surface area contributed by atoms with E-state index in [1.807, 2.05) is 17.6 Å². The lowest BCUT2D eigenvalue weighted by Gasteiger charge is -2.32. The molecule has 2 N–H and O–H groups in total. The third-order valence-corrected chi connectivity index (χ3v) is 6.29. The van der Waals surface area contributed by atoms with Crippen LogP contribution in [0.4, 0.5) is 11.9 Å². The quantitative estimate of drug-likeness (QED) is 0.440. The summed E-state index contributed by atoms with van der Waals surface area (Å²) in [4.78, 5) is 20.3. The maximum atomic E-state index is 4.88. The fourth-order valence-electron chi connectivity index (χ4n) is 4.02. The Morgan fingerprint density at radius 2 is 1.87 bits per heavy atom. The molecule has 0 atom stereocenters. The number of anilines is 2. The average molecular weight is 435 g/mol. The molecule has 0 spiro atoms. The van der Waals surface area contributed by atoms with E-state index in [0.717, 1.165) is 68.2 Å². The van der Waals surface area contributed by atoms with Gasteiger partial charge < -0.3 is 20.1 Å². The number of hydrogen-bond donors (Lipinski definition) is 2. The molecule has 1 saturated heterocycles. The first-order valence-electron chi connectivity index (χ1n) is 10.7. The number of piperidine rings is 1. The van der Waals surface area contributed by atoms with Crippen LogP contribution in [0.25, 0.3) is 11.0 Å². The Hall–Kier alpha value is -3.04. The van der Waals surface area contributed by atoms with E-state index in [9.17, 15) is 0 Å². The number of likely N-dealkylation sites (tertiary alicyclic amines) is 1. The molecule has 1 aromatic carbocycles. The molecule has 4 heterocycles. The maximum Gasteiger partial charge on any atom is 0.222 e. The van der Waals surface area contributed by atoms with Crippen LogP contribution in [0.15, 0.2) is 53.6 Å². The Balaban J connectivity index is 1.18. The Kier molecular flexibility index (Phi) is 6.03. The van der Waals surface area contributed by atoms with Crippen LogP contribution in [-0.4, -0.2) is 61.6 Å².